The zero-order valence-electron chi connectivity index (χ0n) is 77.3. The van der Waals surface area contributed by atoms with E-state index in [0.29, 0.717) is 88.3 Å². The average Bonchev–Trinajstić information content (AvgIpc) is 1.61. The predicted octanol–water partition coefficient (Wildman–Crippen LogP) is 23.7. The van der Waals surface area contributed by atoms with Gasteiger partial charge >= 0.3 is 0 Å². The van der Waals surface area contributed by atoms with Crippen molar-refractivity contribution in [2.75, 3.05) is 88.2 Å². The van der Waals surface area contributed by atoms with Crippen LogP contribution in [0, 0.1) is 0 Å². The highest BCUT2D eigenvalue weighted by Crippen LogP contribution is 2.50. The van der Waals surface area contributed by atoms with Crippen molar-refractivity contribution in [2.24, 2.45) is 0 Å². The molecule has 684 valence electrons. The Morgan fingerprint density at radius 3 is 1.13 bits per heavy atom. The van der Waals surface area contributed by atoms with Crippen molar-refractivity contribution in [3.05, 3.63) is 370 Å². The van der Waals surface area contributed by atoms with E-state index in [-0.39, 0.29) is 54.6 Å². The molecule has 0 bridgehead atoms. The van der Waals surface area contributed by atoms with Crippen molar-refractivity contribution in [3.8, 4) is 50.3 Å². The largest absolute Gasteiger partial charge is 0.491 e. The molecule has 5 fully saturated rings. The topological polar surface area (TPSA) is 281 Å². The molecule has 0 radical (unpaired) electrons. The van der Waals surface area contributed by atoms with Gasteiger partial charge in [-0.1, -0.05) is 164 Å². The fourth-order valence-electron chi connectivity index (χ4n) is 18.5. The monoisotopic (exact) mass is 1800 g/mol. The van der Waals surface area contributed by atoms with Gasteiger partial charge in [-0.3, -0.25) is 43.9 Å². The second-order valence-electron chi connectivity index (χ2n) is 36.5. The lowest BCUT2D eigenvalue weighted by Crippen LogP contribution is -2.36. The first-order valence-electron chi connectivity index (χ1n) is 47.4. The third-order valence-corrected chi connectivity index (χ3v) is 26.4. The Morgan fingerprint density at radius 2 is 0.721 bits per heavy atom. The molecule has 0 unspecified atom stereocenters. The Bertz CT molecular complexity index is 6900. The molecule has 4 aromatic heterocycles. The van der Waals surface area contributed by atoms with Gasteiger partial charge in [0.25, 0.3) is 0 Å². The maximum absolute atomic E-state index is 13.3. The minimum atomic E-state index is -0.0119. The highest BCUT2D eigenvalue weighted by atomic mass is 16.5. The number of hydrogen-bond donors (Lipinski definition) is 4. The lowest BCUT2D eigenvalue weighted by Gasteiger charge is -2.31. The summed E-state index contributed by atoms with van der Waals surface area (Å²) >= 11 is 0. The molecule has 18 heteroatoms. The van der Waals surface area contributed by atoms with Crippen LogP contribution in [0.5, 0.6) is 5.75 Å². The predicted molar refractivity (Wildman–Crippen MR) is 547 cm³/mol. The third-order valence-electron chi connectivity index (χ3n) is 26.4. The number of carbonyl (C=O) groups excluding carboxylic acids is 5. The first-order valence-corrected chi connectivity index (χ1v) is 47.4. The van der Waals surface area contributed by atoms with Crippen LogP contribution in [0.2, 0.25) is 0 Å². The molecule has 1 saturated heterocycles. The van der Waals surface area contributed by atoms with Gasteiger partial charge in [0, 0.05) is 175 Å². The number of benzene rings is 12. The van der Waals surface area contributed by atoms with Crippen LogP contribution in [0.15, 0.2) is 292 Å². The number of rotatable bonds is 31. The van der Waals surface area contributed by atoms with E-state index in [0.717, 1.165) is 193 Å². The van der Waals surface area contributed by atoms with Crippen molar-refractivity contribution in [1.82, 2.24) is 19.9 Å². The molecule has 5 heterocycles. The number of nitrogens with zero attached hydrogens (tertiary/aromatic N) is 5. The molecule has 136 heavy (non-hydrogen) atoms. The van der Waals surface area contributed by atoms with Crippen molar-refractivity contribution < 1.29 is 42.9 Å². The van der Waals surface area contributed by atoms with E-state index >= 15 is 0 Å². The number of ketones is 5. The van der Waals surface area contributed by atoms with E-state index in [1.807, 2.05) is 200 Å². The summed E-state index contributed by atoms with van der Waals surface area (Å²) in [5, 5.41) is 3.97. The Morgan fingerprint density at radius 1 is 0.346 bits per heavy atom. The van der Waals surface area contributed by atoms with E-state index in [4.69, 9.17) is 51.9 Å². The molecule has 4 aliphatic carbocycles. The highest BCUT2D eigenvalue weighted by Gasteiger charge is 2.34. The number of fused-ring (bicyclic) bond motifs is 4. The summed E-state index contributed by atoms with van der Waals surface area (Å²) in [4.78, 5) is 85.8. The normalized spacial score (nSPS) is 13.9. The number of methoxy groups -OCH3 is 2. The number of carbonyl (C=O) groups is 5. The number of hydrogen-bond acceptors (Lipinski definition) is 18. The molecular formula is C118H113N9O9. The minimum Gasteiger partial charge on any atom is -0.491 e. The molecule has 8 N–H and O–H groups in total. The number of nitrogen functional groups attached to an aromatic ring is 4. The van der Waals surface area contributed by atoms with Gasteiger partial charge in [-0.15, -0.1) is 0 Å². The number of aryl methyl sites for hydroxylation is 1. The molecule has 21 rings (SSSR count). The second kappa shape index (κ2) is 42.3. The van der Waals surface area contributed by atoms with E-state index < -0.39 is 0 Å². The third kappa shape index (κ3) is 22.4. The summed E-state index contributed by atoms with van der Waals surface area (Å²) in [5.74, 6) is 3.25. The maximum atomic E-state index is 13.3. The fraction of sp³-hybridized carbons (Fsp3) is 0.246. The van der Waals surface area contributed by atoms with Gasteiger partial charge in [0.05, 0.1) is 41.9 Å². The van der Waals surface area contributed by atoms with E-state index in [1.54, 1.807) is 45.9 Å². The quantitative estimate of drug-likeness (QED) is 0.0178. The van der Waals surface area contributed by atoms with Gasteiger partial charge in [-0.25, -0.2) is 0 Å². The van der Waals surface area contributed by atoms with Crippen molar-refractivity contribution in [2.45, 2.75) is 127 Å². The molecule has 1 aliphatic heterocycles. The number of pyridine rings is 4. The standard InChI is InChI=1S/C30H29N3O2.C30H30N2O2.C29H28N2O3.C29H26N2O2/c31-26-10-8-22(20-4-2-1-3-5-20)16-24(26)18-28(34)25-17-23-9-11-27(33-12-14-35-15-13-33)29(21-6-7-21)30(23)32-19-25;1-34-13-5-8-23-17-29-25(16-27(23)21-9-10-21)15-26(19-32-29)30(33)18-24-14-22(11-12-28(24)31)20-6-3-2-4-7-20;1-33-11-12-34-29-17-27-23(15-25(29)20-7-8-20)14-24(18-31-27)28(32)16-22-13-21(9-10-26(22)30)19-5-3-2-4-6-19;1-18(32)13-22-9-10-23-15-25(17-31-29(23)28(22)20-7-8-20)27(33)16-24-14-21(11-12-26(24)30)19-5-3-2-4-6-19/h1-5,8-11,16-17,19,21H,6-7,12-15,18,31H2;2-4,6-7,11-12,14-17,19,21H,5,8-10,13,18,31H2,1H3;2-6,9-10,13-15,17-18,20H,7-8,11-12,16,30H2,1H3;2-6,9-12,14-15,17,20H,7-8,13,16,30H2,1H3. The van der Waals surface area contributed by atoms with Crippen LogP contribution in [0.25, 0.3) is 88.1 Å². The number of nitrogens with two attached hydrogens (primary N) is 4. The Balaban J connectivity index is 0.000000121. The summed E-state index contributed by atoms with van der Waals surface area (Å²) in [6.45, 7) is 6.76. The second-order valence-corrected chi connectivity index (χ2v) is 36.5. The summed E-state index contributed by atoms with van der Waals surface area (Å²) < 4.78 is 21.9. The summed E-state index contributed by atoms with van der Waals surface area (Å²) in [6.07, 6.45) is 19.6. The highest BCUT2D eigenvalue weighted by molar-refractivity contribution is 6.05. The van der Waals surface area contributed by atoms with Gasteiger partial charge in [-0.05, 0) is 286 Å². The van der Waals surface area contributed by atoms with E-state index in [2.05, 4.69) is 81.6 Å². The van der Waals surface area contributed by atoms with Crippen LogP contribution in [-0.2, 0) is 57.5 Å². The molecule has 4 saturated carbocycles. The number of anilines is 5. The molecule has 18 nitrogen and oxygen atoms in total. The summed E-state index contributed by atoms with van der Waals surface area (Å²) in [5.41, 5.74) is 54.3. The molecule has 5 aliphatic rings. The van der Waals surface area contributed by atoms with Crippen molar-refractivity contribution in [3.63, 3.8) is 0 Å². The van der Waals surface area contributed by atoms with E-state index in [1.165, 1.54) is 59.2 Å². The van der Waals surface area contributed by atoms with Gasteiger partial charge in [0.15, 0.2) is 23.1 Å². The maximum Gasteiger partial charge on any atom is 0.168 e. The zero-order chi connectivity index (χ0) is 93.7. The average molecular weight is 1800 g/mol. The van der Waals surface area contributed by atoms with Crippen LogP contribution in [0.4, 0.5) is 28.4 Å². The van der Waals surface area contributed by atoms with Crippen molar-refractivity contribution >= 4 is 101 Å². The lowest BCUT2D eigenvalue weighted by molar-refractivity contribution is -0.116. The molecule has 16 aromatic rings. The fourth-order valence-corrected chi connectivity index (χ4v) is 18.5. The molecule has 0 amide bonds. The van der Waals surface area contributed by atoms with Gasteiger partial charge in [-0.2, -0.15) is 0 Å². The van der Waals surface area contributed by atoms with Crippen LogP contribution >= 0.6 is 0 Å². The Kier molecular flexibility index (Phi) is 28.5. The first-order chi connectivity index (χ1) is 66.4. The van der Waals surface area contributed by atoms with Gasteiger partial charge in [0.2, 0.25) is 0 Å². The summed E-state index contributed by atoms with van der Waals surface area (Å²) in [6, 6.07) is 88.7. The molecule has 12 aromatic carbocycles. The lowest BCUT2D eigenvalue weighted by atomic mass is 9.94. The smallest absolute Gasteiger partial charge is 0.168 e. The van der Waals surface area contributed by atoms with Crippen molar-refractivity contribution in [1.29, 1.82) is 0 Å². The molecule has 0 atom stereocenters. The Labute approximate surface area is 793 Å². The number of Topliss-reactive ketones (excluding diaryl/α,β-unsaturated/α-hetero) is 5. The zero-order valence-corrected chi connectivity index (χ0v) is 77.3. The Hall–Kier alpha value is -14.7. The number of ether oxygens (including phenoxy) is 4. The van der Waals surface area contributed by atoms with Gasteiger partial charge in [0.1, 0.15) is 18.1 Å². The van der Waals surface area contributed by atoms with E-state index in [9.17, 15) is 24.0 Å². The van der Waals surface area contributed by atoms with Gasteiger partial charge < -0.3 is 46.8 Å². The molecular weight excluding hydrogens is 1690 g/mol. The van der Waals surface area contributed by atoms with Crippen LogP contribution in [0.1, 0.15) is 185 Å². The summed E-state index contributed by atoms with van der Waals surface area (Å²) in [7, 11) is 3.41. The SMILES string of the molecule is CC(=O)Cc1ccc2cc(C(=O)Cc3cc(-c4ccccc4)ccc3N)cnc2c1C1CC1.COCCCc1cc2ncc(C(=O)Cc3cc(-c4ccccc4)ccc3N)cc2cc1C1CC1.COCCOc1cc2ncc(C(=O)Cc3cc(-c4ccccc4)ccc3N)cc2cc1C1CC1.Nc1ccc(-c2ccccc2)cc1CC(=O)c1cnc2c(C3CC3)c(N3CCOCC3)ccc2c1. The first kappa shape index (κ1) is 91.8. The number of aromatic nitrogens is 4. The molecule has 0 spiro atoms. The minimum absolute atomic E-state index is 0.000273. The number of morpholine rings is 1. The van der Waals surface area contributed by atoms with Crippen LogP contribution < -0.4 is 32.6 Å². The van der Waals surface area contributed by atoms with Crippen LogP contribution in [-0.4, -0.2) is 109 Å². The van der Waals surface area contributed by atoms with Crippen LogP contribution in [0.3, 0.4) is 0 Å².